The lowest BCUT2D eigenvalue weighted by Gasteiger charge is -2.27. The summed E-state index contributed by atoms with van der Waals surface area (Å²) in [6, 6.07) is 7.21. The van der Waals surface area contributed by atoms with Crippen molar-refractivity contribution in [2.24, 2.45) is 0 Å². The molecule has 0 aliphatic carbocycles. The van der Waals surface area contributed by atoms with Gasteiger partial charge >= 0.3 is 0 Å². The predicted molar refractivity (Wildman–Crippen MR) is 84.5 cm³/mol. The first-order valence-corrected chi connectivity index (χ1v) is 8.95. The van der Waals surface area contributed by atoms with Crippen molar-refractivity contribution >= 4 is 21.4 Å². The molecule has 1 aliphatic rings. The highest BCUT2D eigenvalue weighted by atomic mass is 32.2. The number of hydrogen-bond acceptors (Lipinski definition) is 4. The normalized spacial score (nSPS) is 20.2. The molecule has 1 aromatic carbocycles. The summed E-state index contributed by atoms with van der Waals surface area (Å²) in [6.45, 7) is 2.41. The Morgan fingerprint density at radius 1 is 1.33 bits per heavy atom. The molecule has 0 spiro atoms. The standard InChI is InChI=1S/C15H22N2O3S/c1-4-17(14-8-9-21(19,20)11-14)15(18)12-6-5-7-13(10-12)16(2)3/h5-7,10,14H,4,8-9,11H2,1-3H3. The van der Waals surface area contributed by atoms with Crippen LogP contribution in [0.4, 0.5) is 5.69 Å². The summed E-state index contributed by atoms with van der Waals surface area (Å²) in [5, 5.41) is 0. The molecule has 0 bridgehead atoms. The van der Waals surface area contributed by atoms with Gasteiger partial charge in [-0.1, -0.05) is 6.07 Å². The lowest BCUT2D eigenvalue weighted by atomic mass is 10.1. The van der Waals surface area contributed by atoms with Gasteiger partial charge in [0.2, 0.25) is 0 Å². The predicted octanol–water partition coefficient (Wildman–Crippen LogP) is 1.40. The van der Waals surface area contributed by atoms with E-state index in [1.165, 1.54) is 0 Å². The third-order valence-electron chi connectivity index (χ3n) is 3.86. The Morgan fingerprint density at radius 3 is 2.57 bits per heavy atom. The SMILES string of the molecule is CCN(C(=O)c1cccc(N(C)C)c1)C1CCS(=O)(=O)C1. The molecule has 1 aromatic rings. The van der Waals surface area contributed by atoms with Crippen LogP contribution >= 0.6 is 0 Å². The first-order valence-electron chi connectivity index (χ1n) is 7.13. The maximum atomic E-state index is 12.7. The minimum Gasteiger partial charge on any atom is -0.378 e. The molecule has 1 amide bonds. The number of carbonyl (C=O) groups excluding carboxylic acids is 1. The van der Waals surface area contributed by atoms with E-state index in [0.717, 1.165) is 5.69 Å². The largest absolute Gasteiger partial charge is 0.378 e. The average Bonchev–Trinajstić information content (AvgIpc) is 2.79. The van der Waals surface area contributed by atoms with Gasteiger partial charge in [0.1, 0.15) is 0 Å². The summed E-state index contributed by atoms with van der Waals surface area (Å²) < 4.78 is 23.2. The number of nitrogens with zero attached hydrogens (tertiary/aromatic N) is 2. The second-order valence-corrected chi connectivity index (χ2v) is 7.82. The molecule has 6 heteroatoms. The summed E-state index contributed by atoms with van der Waals surface area (Å²) in [5.41, 5.74) is 1.56. The van der Waals surface area contributed by atoms with Crippen molar-refractivity contribution in [3.8, 4) is 0 Å². The number of carbonyl (C=O) groups is 1. The topological polar surface area (TPSA) is 57.7 Å². The highest BCUT2D eigenvalue weighted by molar-refractivity contribution is 7.91. The molecule has 5 nitrogen and oxygen atoms in total. The molecule has 1 saturated heterocycles. The number of amides is 1. The van der Waals surface area contributed by atoms with Crippen molar-refractivity contribution in [1.82, 2.24) is 4.90 Å². The van der Waals surface area contributed by atoms with Crippen LogP contribution in [0.25, 0.3) is 0 Å². The molecule has 0 radical (unpaired) electrons. The molecule has 1 heterocycles. The summed E-state index contributed by atoms with van der Waals surface area (Å²) in [6.07, 6.45) is 0.537. The van der Waals surface area contributed by atoms with E-state index in [0.29, 0.717) is 18.5 Å². The molecule has 1 unspecified atom stereocenters. The van der Waals surface area contributed by atoms with Gasteiger partial charge in [0.15, 0.2) is 9.84 Å². The van der Waals surface area contributed by atoms with Crippen molar-refractivity contribution in [2.45, 2.75) is 19.4 Å². The van der Waals surface area contributed by atoms with Crippen LogP contribution in [0.3, 0.4) is 0 Å². The fourth-order valence-corrected chi connectivity index (χ4v) is 4.40. The smallest absolute Gasteiger partial charge is 0.254 e. The summed E-state index contributed by atoms with van der Waals surface area (Å²) in [5.74, 6) is 0.169. The zero-order valence-electron chi connectivity index (χ0n) is 12.7. The molecule has 21 heavy (non-hydrogen) atoms. The average molecular weight is 310 g/mol. The fraction of sp³-hybridized carbons (Fsp3) is 0.533. The highest BCUT2D eigenvalue weighted by Crippen LogP contribution is 2.21. The third kappa shape index (κ3) is 3.56. The van der Waals surface area contributed by atoms with Crippen molar-refractivity contribution in [3.63, 3.8) is 0 Å². The van der Waals surface area contributed by atoms with Crippen molar-refractivity contribution in [2.75, 3.05) is 37.0 Å². The Hall–Kier alpha value is -1.56. The molecule has 116 valence electrons. The van der Waals surface area contributed by atoms with Gasteiger partial charge in [0.25, 0.3) is 5.91 Å². The van der Waals surface area contributed by atoms with Crippen LogP contribution < -0.4 is 4.90 Å². The van der Waals surface area contributed by atoms with Gasteiger partial charge in [-0.05, 0) is 31.5 Å². The number of sulfone groups is 1. The lowest BCUT2D eigenvalue weighted by Crippen LogP contribution is -2.41. The van der Waals surface area contributed by atoms with Gasteiger partial charge in [0.05, 0.1) is 11.5 Å². The van der Waals surface area contributed by atoms with Crippen LogP contribution in [0.5, 0.6) is 0 Å². The van der Waals surface area contributed by atoms with Crippen LogP contribution in [-0.2, 0) is 9.84 Å². The van der Waals surface area contributed by atoms with Gasteiger partial charge in [-0.3, -0.25) is 4.79 Å². The minimum atomic E-state index is -2.99. The lowest BCUT2D eigenvalue weighted by molar-refractivity contribution is 0.0708. The maximum Gasteiger partial charge on any atom is 0.254 e. The quantitative estimate of drug-likeness (QED) is 0.843. The number of benzene rings is 1. The number of anilines is 1. The fourth-order valence-electron chi connectivity index (χ4n) is 2.67. The first kappa shape index (κ1) is 15.8. The van der Waals surface area contributed by atoms with E-state index in [1.807, 2.05) is 44.1 Å². The van der Waals surface area contributed by atoms with Crippen molar-refractivity contribution in [3.05, 3.63) is 29.8 Å². The maximum absolute atomic E-state index is 12.7. The molecule has 0 N–H and O–H groups in total. The van der Waals surface area contributed by atoms with E-state index in [4.69, 9.17) is 0 Å². The Balaban J connectivity index is 2.23. The molecule has 2 rings (SSSR count). The number of rotatable bonds is 4. The van der Waals surface area contributed by atoms with Gasteiger partial charge in [-0.15, -0.1) is 0 Å². The zero-order chi connectivity index (χ0) is 15.6. The highest BCUT2D eigenvalue weighted by Gasteiger charge is 2.34. The molecular weight excluding hydrogens is 288 g/mol. The molecular formula is C15H22N2O3S. The number of hydrogen-bond donors (Lipinski definition) is 0. The van der Waals surface area contributed by atoms with Gasteiger partial charge in [0, 0.05) is 37.9 Å². The third-order valence-corrected chi connectivity index (χ3v) is 5.61. The zero-order valence-corrected chi connectivity index (χ0v) is 13.6. The molecule has 1 aliphatic heterocycles. The van der Waals surface area contributed by atoms with E-state index in [2.05, 4.69) is 0 Å². The second kappa shape index (κ2) is 6.05. The summed E-state index contributed by atoms with van der Waals surface area (Å²) in [4.78, 5) is 16.3. The van der Waals surface area contributed by atoms with E-state index in [9.17, 15) is 13.2 Å². The van der Waals surface area contributed by atoms with E-state index in [-0.39, 0.29) is 23.5 Å². The van der Waals surface area contributed by atoms with Gasteiger partial charge in [-0.25, -0.2) is 8.42 Å². The Bertz CT molecular complexity index is 626. The van der Waals surface area contributed by atoms with Crippen LogP contribution in [0.2, 0.25) is 0 Å². The van der Waals surface area contributed by atoms with Crippen LogP contribution in [0, 0.1) is 0 Å². The van der Waals surface area contributed by atoms with Crippen molar-refractivity contribution < 1.29 is 13.2 Å². The molecule has 1 atom stereocenters. The Morgan fingerprint density at radius 2 is 2.05 bits per heavy atom. The molecule has 1 fully saturated rings. The van der Waals surface area contributed by atoms with E-state index in [1.54, 1.807) is 11.0 Å². The minimum absolute atomic E-state index is 0.0833. The second-order valence-electron chi connectivity index (χ2n) is 5.59. The van der Waals surface area contributed by atoms with Crippen LogP contribution in [0.1, 0.15) is 23.7 Å². The monoisotopic (exact) mass is 310 g/mol. The van der Waals surface area contributed by atoms with E-state index < -0.39 is 9.84 Å². The van der Waals surface area contributed by atoms with E-state index >= 15 is 0 Å². The van der Waals surface area contributed by atoms with Gasteiger partial charge in [-0.2, -0.15) is 0 Å². The Kier molecular flexibility index (Phi) is 4.56. The summed E-state index contributed by atoms with van der Waals surface area (Å²) in [7, 11) is 0.853. The molecule has 0 aromatic heterocycles. The Labute approximate surface area is 126 Å². The van der Waals surface area contributed by atoms with Crippen LogP contribution in [-0.4, -0.2) is 57.4 Å². The van der Waals surface area contributed by atoms with Crippen molar-refractivity contribution in [1.29, 1.82) is 0 Å². The van der Waals surface area contributed by atoms with Gasteiger partial charge < -0.3 is 9.80 Å². The summed E-state index contributed by atoms with van der Waals surface area (Å²) >= 11 is 0. The first-order chi connectivity index (χ1) is 9.84. The van der Waals surface area contributed by atoms with Crippen LogP contribution in [0.15, 0.2) is 24.3 Å². The molecule has 0 saturated carbocycles.